The van der Waals surface area contributed by atoms with Gasteiger partial charge in [-0.25, -0.2) is 4.98 Å². The molecule has 2 rings (SSSR count). The van der Waals surface area contributed by atoms with Gasteiger partial charge in [0.05, 0.1) is 11.7 Å². The van der Waals surface area contributed by atoms with Crippen molar-refractivity contribution >= 4 is 11.3 Å². The van der Waals surface area contributed by atoms with E-state index in [9.17, 15) is 0 Å². The zero-order valence-electron chi connectivity index (χ0n) is 10.7. The van der Waals surface area contributed by atoms with Crippen molar-refractivity contribution in [3.8, 4) is 0 Å². The molecule has 1 unspecified atom stereocenters. The van der Waals surface area contributed by atoms with Crippen LogP contribution in [0.3, 0.4) is 0 Å². The number of nitrogens with two attached hydrogens (primary N) is 1. The highest BCUT2D eigenvalue weighted by atomic mass is 32.1. The lowest BCUT2D eigenvalue weighted by molar-refractivity contribution is 0.841. The SMILES string of the molecule is Cc1cccc(C(N)c2nc(C)c(C)s2)c1C. The largest absolute Gasteiger partial charge is 0.318 e. The van der Waals surface area contributed by atoms with E-state index >= 15 is 0 Å². The summed E-state index contributed by atoms with van der Waals surface area (Å²) in [6, 6.07) is 6.17. The minimum absolute atomic E-state index is 0.104. The number of aryl methyl sites for hydroxylation is 3. The molecule has 2 N–H and O–H groups in total. The molecule has 0 saturated carbocycles. The summed E-state index contributed by atoms with van der Waals surface area (Å²) < 4.78 is 0. The molecule has 0 fully saturated rings. The third kappa shape index (κ3) is 2.26. The van der Waals surface area contributed by atoms with Gasteiger partial charge in [-0.1, -0.05) is 18.2 Å². The minimum atomic E-state index is -0.104. The minimum Gasteiger partial charge on any atom is -0.318 e. The fourth-order valence-electron chi connectivity index (χ4n) is 1.87. The number of thiazole rings is 1. The van der Waals surface area contributed by atoms with E-state index < -0.39 is 0 Å². The Kier molecular flexibility index (Phi) is 3.31. The van der Waals surface area contributed by atoms with Gasteiger partial charge in [0.25, 0.3) is 0 Å². The van der Waals surface area contributed by atoms with Crippen LogP contribution in [-0.4, -0.2) is 4.98 Å². The molecule has 3 heteroatoms. The Morgan fingerprint density at radius 3 is 2.47 bits per heavy atom. The summed E-state index contributed by atoms with van der Waals surface area (Å²) in [7, 11) is 0. The van der Waals surface area contributed by atoms with E-state index in [1.807, 2.05) is 6.92 Å². The predicted molar refractivity (Wildman–Crippen MR) is 73.5 cm³/mol. The molecule has 0 saturated heterocycles. The van der Waals surface area contributed by atoms with E-state index in [2.05, 4.69) is 44.0 Å². The van der Waals surface area contributed by atoms with E-state index in [4.69, 9.17) is 5.73 Å². The summed E-state index contributed by atoms with van der Waals surface area (Å²) >= 11 is 1.70. The van der Waals surface area contributed by atoms with Crippen LogP contribution in [0.15, 0.2) is 18.2 Å². The smallest absolute Gasteiger partial charge is 0.114 e. The topological polar surface area (TPSA) is 38.9 Å². The quantitative estimate of drug-likeness (QED) is 0.881. The van der Waals surface area contributed by atoms with Crippen molar-refractivity contribution in [2.24, 2.45) is 5.73 Å². The maximum absolute atomic E-state index is 6.32. The van der Waals surface area contributed by atoms with Crippen LogP contribution in [0, 0.1) is 27.7 Å². The lowest BCUT2D eigenvalue weighted by Crippen LogP contribution is -2.13. The summed E-state index contributed by atoms with van der Waals surface area (Å²) in [5.41, 5.74) is 11.1. The van der Waals surface area contributed by atoms with Crippen molar-refractivity contribution in [2.45, 2.75) is 33.7 Å². The number of rotatable bonds is 2. The lowest BCUT2D eigenvalue weighted by atomic mass is 9.98. The second-order valence-corrected chi connectivity index (χ2v) is 5.70. The molecular weight excluding hydrogens is 228 g/mol. The van der Waals surface area contributed by atoms with Crippen LogP contribution in [0.4, 0.5) is 0 Å². The second-order valence-electron chi connectivity index (χ2n) is 4.46. The molecule has 0 spiro atoms. The highest BCUT2D eigenvalue weighted by Crippen LogP contribution is 2.28. The van der Waals surface area contributed by atoms with Gasteiger partial charge in [0.1, 0.15) is 5.01 Å². The van der Waals surface area contributed by atoms with Gasteiger partial charge in [0, 0.05) is 4.88 Å². The van der Waals surface area contributed by atoms with E-state index in [1.165, 1.54) is 21.6 Å². The fraction of sp³-hybridized carbons (Fsp3) is 0.357. The van der Waals surface area contributed by atoms with Crippen molar-refractivity contribution in [1.82, 2.24) is 4.98 Å². The summed E-state index contributed by atoms with van der Waals surface area (Å²) in [4.78, 5) is 5.80. The van der Waals surface area contributed by atoms with Crippen molar-refractivity contribution < 1.29 is 0 Å². The molecule has 0 aliphatic rings. The van der Waals surface area contributed by atoms with Crippen LogP contribution < -0.4 is 5.73 Å². The van der Waals surface area contributed by atoms with Gasteiger partial charge in [-0.3, -0.25) is 0 Å². The van der Waals surface area contributed by atoms with Crippen LogP contribution in [0.25, 0.3) is 0 Å². The Bertz CT molecular complexity index is 524. The van der Waals surface area contributed by atoms with Crippen molar-refractivity contribution in [3.63, 3.8) is 0 Å². The molecule has 1 atom stereocenters. The van der Waals surface area contributed by atoms with E-state index in [0.717, 1.165) is 10.7 Å². The molecule has 0 aliphatic carbocycles. The number of aromatic nitrogens is 1. The Morgan fingerprint density at radius 2 is 1.88 bits per heavy atom. The number of nitrogens with zero attached hydrogens (tertiary/aromatic N) is 1. The van der Waals surface area contributed by atoms with Crippen molar-refractivity contribution in [2.75, 3.05) is 0 Å². The van der Waals surface area contributed by atoms with Crippen LogP contribution >= 0.6 is 11.3 Å². The Balaban J connectivity index is 2.43. The molecule has 1 heterocycles. The van der Waals surface area contributed by atoms with Gasteiger partial charge in [-0.2, -0.15) is 0 Å². The molecule has 2 aromatic rings. The molecule has 17 heavy (non-hydrogen) atoms. The molecular formula is C14H18N2S. The van der Waals surface area contributed by atoms with Gasteiger partial charge >= 0.3 is 0 Å². The fourth-order valence-corrected chi connectivity index (χ4v) is 2.82. The number of benzene rings is 1. The maximum Gasteiger partial charge on any atom is 0.114 e. The average Bonchev–Trinajstić information content (AvgIpc) is 2.62. The maximum atomic E-state index is 6.32. The summed E-state index contributed by atoms with van der Waals surface area (Å²) in [5, 5.41) is 1.01. The molecule has 0 aliphatic heterocycles. The third-order valence-corrected chi connectivity index (χ3v) is 4.45. The average molecular weight is 246 g/mol. The summed E-state index contributed by atoms with van der Waals surface area (Å²) in [6.07, 6.45) is 0. The number of hydrogen-bond donors (Lipinski definition) is 1. The van der Waals surface area contributed by atoms with Crippen molar-refractivity contribution in [3.05, 3.63) is 50.5 Å². The molecule has 0 amide bonds. The Hall–Kier alpha value is -1.19. The first kappa shape index (κ1) is 12.3. The molecule has 1 aromatic heterocycles. The molecule has 0 bridgehead atoms. The molecule has 1 aromatic carbocycles. The zero-order valence-corrected chi connectivity index (χ0v) is 11.6. The third-order valence-electron chi connectivity index (χ3n) is 3.29. The van der Waals surface area contributed by atoms with Gasteiger partial charge in [0.2, 0.25) is 0 Å². The summed E-state index contributed by atoms with van der Waals surface area (Å²) in [5.74, 6) is 0. The first-order valence-corrected chi connectivity index (χ1v) is 6.58. The highest BCUT2D eigenvalue weighted by Gasteiger charge is 2.16. The Labute approximate surface area is 107 Å². The molecule has 2 nitrogen and oxygen atoms in total. The van der Waals surface area contributed by atoms with E-state index in [0.29, 0.717) is 0 Å². The lowest BCUT2D eigenvalue weighted by Gasteiger charge is -2.13. The van der Waals surface area contributed by atoms with Crippen molar-refractivity contribution in [1.29, 1.82) is 0 Å². The van der Waals surface area contributed by atoms with E-state index in [-0.39, 0.29) is 6.04 Å². The van der Waals surface area contributed by atoms with Gasteiger partial charge in [-0.05, 0) is 44.4 Å². The highest BCUT2D eigenvalue weighted by molar-refractivity contribution is 7.11. The van der Waals surface area contributed by atoms with Crippen LogP contribution in [-0.2, 0) is 0 Å². The van der Waals surface area contributed by atoms with E-state index in [1.54, 1.807) is 11.3 Å². The van der Waals surface area contributed by atoms with Crippen LogP contribution in [0.1, 0.15) is 38.3 Å². The van der Waals surface area contributed by atoms with Gasteiger partial charge in [0.15, 0.2) is 0 Å². The van der Waals surface area contributed by atoms with Crippen LogP contribution in [0.2, 0.25) is 0 Å². The standard InChI is InChI=1S/C14H18N2S/c1-8-6-5-7-12(9(8)2)13(15)14-16-10(3)11(4)17-14/h5-7,13H,15H2,1-4H3. The van der Waals surface area contributed by atoms with Crippen LogP contribution in [0.5, 0.6) is 0 Å². The monoisotopic (exact) mass is 246 g/mol. The second kappa shape index (κ2) is 4.59. The summed E-state index contributed by atoms with van der Waals surface area (Å²) in [6.45, 7) is 8.36. The molecule has 0 radical (unpaired) electrons. The Morgan fingerprint density at radius 1 is 1.18 bits per heavy atom. The first-order valence-electron chi connectivity index (χ1n) is 5.76. The number of hydrogen-bond acceptors (Lipinski definition) is 3. The molecule has 90 valence electrons. The van der Waals surface area contributed by atoms with Gasteiger partial charge < -0.3 is 5.73 Å². The predicted octanol–water partition coefficient (Wildman–Crippen LogP) is 3.42. The zero-order chi connectivity index (χ0) is 12.6. The first-order chi connectivity index (χ1) is 8.00. The normalized spacial score (nSPS) is 12.8. The van der Waals surface area contributed by atoms with Gasteiger partial charge in [-0.15, -0.1) is 11.3 Å².